The number of aromatic carboxylic acids is 1. The van der Waals surface area contributed by atoms with Crippen LogP contribution in [0.2, 0.25) is 0 Å². The maximum absolute atomic E-state index is 12.6. The highest BCUT2D eigenvalue weighted by atomic mass is 32.1. The van der Waals surface area contributed by atoms with E-state index in [1.807, 2.05) is 24.5 Å². The van der Waals surface area contributed by atoms with Gasteiger partial charge >= 0.3 is 12.1 Å². The van der Waals surface area contributed by atoms with Crippen molar-refractivity contribution in [2.45, 2.75) is 45.7 Å². The van der Waals surface area contributed by atoms with Gasteiger partial charge in [-0.05, 0) is 63.3 Å². The Morgan fingerprint density at radius 1 is 1.28 bits per heavy atom. The molecule has 3 heterocycles. The van der Waals surface area contributed by atoms with Crippen LogP contribution in [-0.4, -0.2) is 26.8 Å². The third-order valence-electron chi connectivity index (χ3n) is 5.51. The summed E-state index contributed by atoms with van der Waals surface area (Å²) in [5, 5.41) is 14.7. The fraction of sp³-hybridized carbons (Fsp3) is 0.318. The van der Waals surface area contributed by atoms with Gasteiger partial charge in [-0.2, -0.15) is 18.3 Å². The Morgan fingerprint density at radius 2 is 2.03 bits per heavy atom. The summed E-state index contributed by atoms with van der Waals surface area (Å²) in [5.41, 5.74) is 5.59. The Hall–Kier alpha value is -3.14. The second-order valence-electron chi connectivity index (χ2n) is 7.66. The van der Waals surface area contributed by atoms with Crippen LogP contribution in [0.4, 0.5) is 19.0 Å². The van der Waals surface area contributed by atoms with Crippen LogP contribution in [-0.2, 0) is 19.0 Å². The van der Waals surface area contributed by atoms with Gasteiger partial charge in [0.15, 0.2) is 0 Å². The van der Waals surface area contributed by atoms with Crippen LogP contribution in [0, 0.1) is 13.8 Å². The number of aryl methyl sites for hydroxylation is 2. The predicted octanol–water partition coefficient (Wildman–Crippen LogP) is 5.59. The molecule has 168 valence electrons. The minimum absolute atomic E-state index is 0.183. The zero-order valence-corrected chi connectivity index (χ0v) is 18.3. The van der Waals surface area contributed by atoms with E-state index in [2.05, 4.69) is 15.5 Å². The van der Waals surface area contributed by atoms with Gasteiger partial charge in [0, 0.05) is 28.0 Å². The largest absolute Gasteiger partial charge is 0.478 e. The topological polar surface area (TPSA) is 79.5 Å². The first-order valence-electron chi connectivity index (χ1n) is 10.1. The smallest absolute Gasteiger partial charge is 0.417 e. The Balaban J connectivity index is 1.60. The number of hydrogen-bond acceptors (Lipinski definition) is 5. The number of rotatable bonds is 5. The molecule has 4 rings (SSSR count). The summed E-state index contributed by atoms with van der Waals surface area (Å²) in [5.74, 6) is -0.737. The molecule has 0 aliphatic heterocycles. The Morgan fingerprint density at radius 3 is 2.69 bits per heavy atom. The number of halogens is 3. The maximum Gasteiger partial charge on any atom is 0.417 e. The second-order valence-corrected chi connectivity index (χ2v) is 8.74. The van der Waals surface area contributed by atoms with E-state index in [0.29, 0.717) is 10.6 Å². The van der Waals surface area contributed by atoms with Gasteiger partial charge in [-0.1, -0.05) is 0 Å². The summed E-state index contributed by atoms with van der Waals surface area (Å²) in [6.45, 7) is 3.79. The number of fused-ring (bicyclic) bond motifs is 1. The molecule has 1 aliphatic rings. The quantitative estimate of drug-likeness (QED) is 0.383. The van der Waals surface area contributed by atoms with Gasteiger partial charge in [0.2, 0.25) is 0 Å². The number of aromatic nitrogens is 2. The van der Waals surface area contributed by atoms with Gasteiger partial charge in [0.05, 0.1) is 17.3 Å². The fourth-order valence-electron chi connectivity index (χ4n) is 3.96. The molecule has 10 heteroatoms. The monoisotopic (exact) mass is 462 g/mol. The molecule has 0 amide bonds. The number of carboxylic acid groups (broad SMARTS) is 1. The molecule has 3 aromatic heterocycles. The summed E-state index contributed by atoms with van der Waals surface area (Å²) in [6, 6.07) is 4.03. The summed E-state index contributed by atoms with van der Waals surface area (Å²) in [6.07, 6.45) is 1.60. The van der Waals surface area contributed by atoms with Crippen molar-refractivity contribution in [3.05, 3.63) is 62.9 Å². The number of alkyl halides is 3. The number of nitrogens with zero attached hydrogens (tertiary/aromatic N) is 3. The van der Waals surface area contributed by atoms with E-state index in [-0.39, 0.29) is 5.82 Å². The summed E-state index contributed by atoms with van der Waals surface area (Å²) in [7, 11) is 0. The van der Waals surface area contributed by atoms with Crippen LogP contribution in [0.3, 0.4) is 0 Å². The zero-order chi connectivity index (χ0) is 23.0. The van der Waals surface area contributed by atoms with Crippen LogP contribution >= 0.6 is 11.3 Å². The lowest BCUT2D eigenvalue weighted by atomic mass is 9.95. The van der Waals surface area contributed by atoms with Crippen molar-refractivity contribution in [3.63, 3.8) is 0 Å². The lowest BCUT2D eigenvalue weighted by Crippen LogP contribution is -2.09. The van der Waals surface area contributed by atoms with Gasteiger partial charge < -0.3 is 9.67 Å². The molecule has 0 fully saturated rings. The van der Waals surface area contributed by atoms with Crippen LogP contribution in [0.5, 0.6) is 0 Å². The minimum atomic E-state index is -4.44. The van der Waals surface area contributed by atoms with E-state index >= 15 is 0 Å². The molecule has 0 bridgehead atoms. The predicted molar refractivity (Wildman–Crippen MR) is 117 cm³/mol. The van der Waals surface area contributed by atoms with Crippen LogP contribution in [0.15, 0.2) is 29.5 Å². The molecule has 0 unspecified atom stereocenters. The van der Waals surface area contributed by atoms with Crippen LogP contribution < -0.4 is 5.43 Å². The maximum atomic E-state index is 12.6. The summed E-state index contributed by atoms with van der Waals surface area (Å²) < 4.78 is 39.9. The average molecular weight is 462 g/mol. The van der Waals surface area contributed by atoms with Crippen molar-refractivity contribution in [1.82, 2.24) is 9.55 Å². The van der Waals surface area contributed by atoms with E-state index in [4.69, 9.17) is 0 Å². The number of pyridine rings is 1. The average Bonchev–Trinajstić information content (AvgIpc) is 3.24. The molecular formula is C22H21F3N4O2S. The standard InChI is InChI=1S/C22H21F3N4O2S/c1-12-9-14(10-27-28-18-8-7-15(11-26-18)22(23,24)25)13(2)29(12)20-19(21(30)31)16-5-3-4-6-17(16)32-20/h7-11H,3-6H2,1-2H3,(H,26,28)(H,30,31). The van der Waals surface area contributed by atoms with Crippen molar-refractivity contribution in [2.75, 3.05) is 5.43 Å². The number of hydrogen-bond donors (Lipinski definition) is 2. The van der Waals surface area contributed by atoms with Gasteiger partial charge in [-0.25, -0.2) is 9.78 Å². The van der Waals surface area contributed by atoms with E-state index in [1.165, 1.54) is 17.4 Å². The molecule has 3 aromatic rings. The fourth-order valence-corrected chi connectivity index (χ4v) is 5.45. The first-order valence-corrected chi connectivity index (χ1v) is 10.9. The number of carboxylic acids is 1. The normalized spacial score (nSPS) is 14.0. The lowest BCUT2D eigenvalue weighted by molar-refractivity contribution is -0.137. The highest BCUT2D eigenvalue weighted by Gasteiger charge is 2.30. The number of anilines is 1. The second kappa shape index (κ2) is 8.42. The zero-order valence-electron chi connectivity index (χ0n) is 17.5. The molecule has 0 saturated carbocycles. The van der Waals surface area contributed by atoms with Crippen molar-refractivity contribution in [3.8, 4) is 5.00 Å². The van der Waals surface area contributed by atoms with Gasteiger partial charge in [0.1, 0.15) is 10.8 Å². The number of hydrazone groups is 1. The lowest BCUT2D eigenvalue weighted by Gasteiger charge is -2.11. The molecule has 0 spiro atoms. The third-order valence-corrected chi connectivity index (χ3v) is 6.79. The minimum Gasteiger partial charge on any atom is -0.478 e. The molecule has 0 aromatic carbocycles. The highest BCUT2D eigenvalue weighted by molar-refractivity contribution is 7.15. The molecule has 32 heavy (non-hydrogen) atoms. The SMILES string of the molecule is Cc1cc(C=NNc2ccc(C(F)(F)F)cn2)c(C)n1-c1sc2c(c1C(=O)O)CCCC2. The van der Waals surface area contributed by atoms with Crippen molar-refractivity contribution < 1.29 is 23.1 Å². The van der Waals surface area contributed by atoms with Gasteiger partial charge in [-0.15, -0.1) is 11.3 Å². The van der Waals surface area contributed by atoms with Crippen molar-refractivity contribution in [2.24, 2.45) is 5.10 Å². The van der Waals surface area contributed by atoms with Gasteiger partial charge in [-0.3, -0.25) is 5.43 Å². The van der Waals surface area contributed by atoms with E-state index in [0.717, 1.165) is 65.3 Å². The van der Waals surface area contributed by atoms with E-state index < -0.39 is 17.7 Å². The summed E-state index contributed by atoms with van der Waals surface area (Å²) in [4.78, 5) is 16.9. The highest BCUT2D eigenvalue weighted by Crippen LogP contribution is 2.38. The van der Waals surface area contributed by atoms with Gasteiger partial charge in [0.25, 0.3) is 0 Å². The molecule has 0 atom stereocenters. The molecule has 0 radical (unpaired) electrons. The number of thiophene rings is 1. The summed E-state index contributed by atoms with van der Waals surface area (Å²) >= 11 is 1.53. The Kier molecular flexibility index (Phi) is 5.81. The molecule has 2 N–H and O–H groups in total. The third kappa shape index (κ3) is 4.14. The van der Waals surface area contributed by atoms with Crippen molar-refractivity contribution in [1.29, 1.82) is 0 Å². The van der Waals surface area contributed by atoms with E-state index in [9.17, 15) is 23.1 Å². The molecule has 6 nitrogen and oxygen atoms in total. The molecule has 0 saturated heterocycles. The van der Waals surface area contributed by atoms with E-state index in [1.54, 1.807) is 6.21 Å². The molecule has 1 aliphatic carbocycles. The van der Waals surface area contributed by atoms with Crippen LogP contribution in [0.25, 0.3) is 5.00 Å². The first kappa shape index (κ1) is 22.1. The first-order chi connectivity index (χ1) is 15.2. The Labute approximate surface area is 186 Å². The number of carbonyl (C=O) groups is 1. The van der Waals surface area contributed by atoms with Crippen molar-refractivity contribution >= 4 is 29.3 Å². The number of nitrogens with one attached hydrogen (secondary N) is 1. The molecular weight excluding hydrogens is 441 g/mol. The Bertz CT molecular complexity index is 1190. The van der Waals surface area contributed by atoms with Crippen LogP contribution in [0.1, 0.15) is 56.2 Å².